The minimum Gasteiger partial charge on any atom is -0.443 e. The predicted molar refractivity (Wildman–Crippen MR) is 94.6 cm³/mol. The van der Waals surface area contributed by atoms with Gasteiger partial charge in [0.15, 0.2) is 0 Å². The standard InChI is InChI=1S/C15H17Cl2N3OS/c1-5-20(4)8-18-12-6-9(2)13(7-11(12)16)21-15-14(17)10(3)19-22-15/h6-8H,5H2,1-4H3. The van der Waals surface area contributed by atoms with E-state index in [1.54, 1.807) is 12.4 Å². The lowest BCUT2D eigenvalue weighted by Crippen LogP contribution is -2.14. The zero-order valence-corrected chi connectivity index (χ0v) is 15.2. The molecule has 1 aromatic carbocycles. The number of hydrogen-bond donors (Lipinski definition) is 0. The molecule has 0 atom stereocenters. The first-order chi connectivity index (χ1) is 10.4. The molecule has 0 aliphatic rings. The third-order valence-corrected chi connectivity index (χ3v) is 4.78. The number of rotatable bonds is 5. The highest BCUT2D eigenvalue weighted by atomic mass is 35.5. The Kier molecular flexibility index (Phi) is 5.67. The van der Waals surface area contributed by atoms with Crippen molar-refractivity contribution < 1.29 is 4.74 Å². The van der Waals surface area contributed by atoms with Gasteiger partial charge in [-0.3, -0.25) is 0 Å². The Bertz CT molecular complexity index is 700. The molecule has 118 valence electrons. The summed E-state index contributed by atoms with van der Waals surface area (Å²) in [6, 6.07) is 3.64. The van der Waals surface area contributed by atoms with Crippen LogP contribution in [0.25, 0.3) is 0 Å². The number of aliphatic imine (C=N–C) groups is 1. The van der Waals surface area contributed by atoms with Gasteiger partial charge in [-0.25, -0.2) is 4.99 Å². The summed E-state index contributed by atoms with van der Waals surface area (Å²) in [5.74, 6) is 0.651. The van der Waals surface area contributed by atoms with Gasteiger partial charge in [-0.1, -0.05) is 23.2 Å². The van der Waals surface area contributed by atoms with Crippen LogP contribution >= 0.6 is 34.7 Å². The normalized spacial score (nSPS) is 11.2. The van der Waals surface area contributed by atoms with Gasteiger partial charge in [0, 0.05) is 31.2 Å². The van der Waals surface area contributed by atoms with Gasteiger partial charge in [0.05, 0.1) is 22.7 Å². The molecule has 1 heterocycles. The zero-order valence-electron chi connectivity index (χ0n) is 12.9. The van der Waals surface area contributed by atoms with E-state index < -0.39 is 0 Å². The van der Waals surface area contributed by atoms with E-state index in [4.69, 9.17) is 27.9 Å². The van der Waals surface area contributed by atoms with Crippen molar-refractivity contribution >= 4 is 46.8 Å². The maximum atomic E-state index is 6.28. The second kappa shape index (κ2) is 7.31. The molecular weight excluding hydrogens is 341 g/mol. The Labute approximate surface area is 144 Å². The van der Waals surface area contributed by atoms with Crippen LogP contribution in [0.4, 0.5) is 5.69 Å². The highest BCUT2D eigenvalue weighted by molar-refractivity contribution is 7.08. The van der Waals surface area contributed by atoms with Crippen LogP contribution in [0.5, 0.6) is 10.8 Å². The molecule has 0 amide bonds. The van der Waals surface area contributed by atoms with Crippen molar-refractivity contribution in [2.45, 2.75) is 20.8 Å². The largest absolute Gasteiger partial charge is 0.443 e. The van der Waals surface area contributed by atoms with E-state index in [2.05, 4.69) is 16.3 Å². The Morgan fingerprint density at radius 1 is 1.36 bits per heavy atom. The van der Waals surface area contributed by atoms with E-state index in [0.29, 0.717) is 26.5 Å². The molecule has 0 aliphatic carbocycles. The number of benzene rings is 1. The van der Waals surface area contributed by atoms with Crippen molar-refractivity contribution in [2.24, 2.45) is 4.99 Å². The summed E-state index contributed by atoms with van der Waals surface area (Å²) >= 11 is 13.6. The van der Waals surface area contributed by atoms with Crippen LogP contribution in [-0.2, 0) is 0 Å². The second-order valence-corrected chi connectivity index (χ2v) is 6.38. The summed E-state index contributed by atoms with van der Waals surface area (Å²) in [5.41, 5.74) is 2.39. The van der Waals surface area contributed by atoms with Crippen LogP contribution in [0.1, 0.15) is 18.2 Å². The van der Waals surface area contributed by atoms with Crippen LogP contribution < -0.4 is 4.74 Å². The zero-order chi connectivity index (χ0) is 16.3. The third kappa shape index (κ3) is 3.91. The number of ether oxygens (including phenoxy) is 1. The van der Waals surface area contributed by atoms with Crippen molar-refractivity contribution in [1.82, 2.24) is 9.27 Å². The number of aromatic nitrogens is 1. The van der Waals surface area contributed by atoms with Gasteiger partial charge in [0.1, 0.15) is 10.8 Å². The number of hydrogen-bond acceptors (Lipinski definition) is 4. The Balaban J connectivity index is 2.26. The van der Waals surface area contributed by atoms with Gasteiger partial charge in [-0.15, -0.1) is 0 Å². The molecule has 2 rings (SSSR count). The summed E-state index contributed by atoms with van der Waals surface area (Å²) in [6.45, 7) is 6.71. The van der Waals surface area contributed by atoms with E-state index in [1.807, 2.05) is 31.9 Å². The summed E-state index contributed by atoms with van der Waals surface area (Å²) in [4.78, 5) is 6.35. The van der Waals surface area contributed by atoms with Crippen LogP contribution in [0, 0.1) is 13.8 Å². The third-order valence-electron chi connectivity index (χ3n) is 3.10. The summed E-state index contributed by atoms with van der Waals surface area (Å²) < 4.78 is 9.98. The molecule has 7 heteroatoms. The van der Waals surface area contributed by atoms with Gasteiger partial charge < -0.3 is 9.64 Å². The number of aryl methyl sites for hydroxylation is 2. The minimum atomic E-state index is 0.527. The smallest absolute Gasteiger partial charge is 0.218 e. The highest BCUT2D eigenvalue weighted by Gasteiger charge is 2.13. The fourth-order valence-corrected chi connectivity index (χ4v) is 2.70. The monoisotopic (exact) mass is 357 g/mol. The quantitative estimate of drug-likeness (QED) is 0.525. The van der Waals surface area contributed by atoms with Crippen LogP contribution in [0.15, 0.2) is 17.1 Å². The topological polar surface area (TPSA) is 37.7 Å². The fraction of sp³-hybridized carbons (Fsp3) is 0.333. The number of nitrogens with zero attached hydrogens (tertiary/aromatic N) is 3. The molecule has 0 aliphatic heterocycles. The average molecular weight is 358 g/mol. The molecule has 0 N–H and O–H groups in total. The molecular formula is C15H17Cl2N3OS. The molecule has 4 nitrogen and oxygen atoms in total. The summed E-state index contributed by atoms with van der Waals surface area (Å²) in [5, 5.41) is 1.63. The van der Waals surface area contributed by atoms with E-state index in [0.717, 1.165) is 17.8 Å². The van der Waals surface area contributed by atoms with Gasteiger partial charge in [-0.2, -0.15) is 4.37 Å². The maximum Gasteiger partial charge on any atom is 0.218 e. The van der Waals surface area contributed by atoms with E-state index in [-0.39, 0.29) is 0 Å². The minimum absolute atomic E-state index is 0.527. The second-order valence-electron chi connectivity index (χ2n) is 4.86. The first-order valence-electron chi connectivity index (χ1n) is 6.76. The van der Waals surface area contributed by atoms with Gasteiger partial charge in [-0.05, 0) is 32.4 Å². The number of halogens is 2. The molecule has 0 radical (unpaired) electrons. The van der Waals surface area contributed by atoms with E-state index in [1.165, 1.54) is 11.5 Å². The molecule has 0 saturated heterocycles. The van der Waals surface area contributed by atoms with Crippen molar-refractivity contribution in [1.29, 1.82) is 0 Å². The molecule has 2 aromatic rings. The lowest BCUT2D eigenvalue weighted by Gasteiger charge is -2.11. The Morgan fingerprint density at radius 3 is 2.68 bits per heavy atom. The predicted octanol–water partition coefficient (Wildman–Crippen LogP) is 5.47. The summed E-state index contributed by atoms with van der Waals surface area (Å²) in [7, 11) is 1.95. The fourth-order valence-electron chi connectivity index (χ4n) is 1.60. The first-order valence-corrected chi connectivity index (χ1v) is 8.29. The van der Waals surface area contributed by atoms with Gasteiger partial charge in [0.2, 0.25) is 5.06 Å². The molecule has 0 fully saturated rings. The van der Waals surface area contributed by atoms with Crippen molar-refractivity contribution in [3.63, 3.8) is 0 Å². The maximum absolute atomic E-state index is 6.28. The van der Waals surface area contributed by atoms with Crippen molar-refractivity contribution in [3.05, 3.63) is 33.4 Å². The first kappa shape index (κ1) is 17.1. The Morgan fingerprint density at radius 2 is 2.09 bits per heavy atom. The average Bonchev–Trinajstić information content (AvgIpc) is 2.80. The van der Waals surface area contributed by atoms with Crippen molar-refractivity contribution in [2.75, 3.05) is 13.6 Å². The summed E-state index contributed by atoms with van der Waals surface area (Å²) in [6.07, 6.45) is 1.75. The lowest BCUT2D eigenvalue weighted by molar-refractivity contribution is 0.492. The molecule has 0 unspecified atom stereocenters. The molecule has 22 heavy (non-hydrogen) atoms. The van der Waals surface area contributed by atoms with Crippen LogP contribution in [-0.4, -0.2) is 29.2 Å². The van der Waals surface area contributed by atoms with Gasteiger partial charge >= 0.3 is 0 Å². The van der Waals surface area contributed by atoms with Crippen LogP contribution in [0.3, 0.4) is 0 Å². The molecule has 0 saturated carbocycles. The van der Waals surface area contributed by atoms with Crippen molar-refractivity contribution in [3.8, 4) is 10.8 Å². The Hall–Kier alpha value is -1.30. The highest BCUT2D eigenvalue weighted by Crippen LogP contribution is 2.39. The SMILES string of the molecule is CCN(C)C=Nc1cc(C)c(Oc2snc(C)c2Cl)cc1Cl. The van der Waals surface area contributed by atoms with Gasteiger partial charge in [0.25, 0.3) is 0 Å². The van der Waals surface area contributed by atoms with E-state index >= 15 is 0 Å². The van der Waals surface area contributed by atoms with Crippen LogP contribution in [0.2, 0.25) is 10.0 Å². The lowest BCUT2D eigenvalue weighted by atomic mass is 10.2. The molecule has 0 bridgehead atoms. The molecule has 0 spiro atoms. The van der Waals surface area contributed by atoms with E-state index in [9.17, 15) is 0 Å². The molecule has 1 aromatic heterocycles.